The largest absolute Gasteiger partial charge is 0.497 e. The van der Waals surface area contributed by atoms with Gasteiger partial charge in [-0.15, -0.1) is 0 Å². The van der Waals surface area contributed by atoms with Crippen LogP contribution in [0.25, 0.3) is 0 Å². The number of carbonyl (C=O) groups excluding carboxylic acids is 2. The first-order valence-electron chi connectivity index (χ1n) is 14.7. The number of hydrogen-bond donors (Lipinski definition) is 1. The summed E-state index contributed by atoms with van der Waals surface area (Å²) in [6.07, 6.45) is 0.959. The van der Waals surface area contributed by atoms with Gasteiger partial charge < -0.3 is 15.0 Å². The molecule has 45 heavy (non-hydrogen) atoms. The number of methoxy groups -OCH3 is 1. The Balaban J connectivity index is 1.80. The topological polar surface area (TPSA) is 96.0 Å². The zero-order valence-electron chi connectivity index (χ0n) is 25.6. The molecule has 2 unspecified atom stereocenters. The Morgan fingerprint density at radius 2 is 1.49 bits per heavy atom. The third kappa shape index (κ3) is 8.95. The van der Waals surface area contributed by atoms with Gasteiger partial charge in [0.25, 0.3) is 10.0 Å². The summed E-state index contributed by atoms with van der Waals surface area (Å²) < 4.78 is 35.3. The van der Waals surface area contributed by atoms with Crippen LogP contribution >= 0.6 is 15.9 Å². The van der Waals surface area contributed by atoms with E-state index in [9.17, 15) is 18.0 Å². The Morgan fingerprint density at radius 1 is 0.867 bits per heavy atom. The fourth-order valence-corrected chi connectivity index (χ4v) is 6.71. The van der Waals surface area contributed by atoms with Crippen molar-refractivity contribution in [2.75, 3.05) is 18.0 Å². The van der Waals surface area contributed by atoms with Crippen molar-refractivity contribution in [3.63, 3.8) is 0 Å². The monoisotopic (exact) mass is 691 g/mol. The van der Waals surface area contributed by atoms with Gasteiger partial charge in [0.15, 0.2) is 0 Å². The maximum absolute atomic E-state index is 14.5. The molecule has 2 atom stereocenters. The summed E-state index contributed by atoms with van der Waals surface area (Å²) in [6, 6.07) is 30.4. The van der Waals surface area contributed by atoms with E-state index in [2.05, 4.69) is 21.2 Å². The van der Waals surface area contributed by atoms with E-state index in [-0.39, 0.29) is 29.8 Å². The predicted molar refractivity (Wildman–Crippen MR) is 180 cm³/mol. The number of anilines is 1. The molecular weight excluding hydrogens is 654 g/mol. The Bertz CT molecular complexity index is 1670. The Morgan fingerprint density at radius 3 is 2.09 bits per heavy atom. The normalized spacial score (nSPS) is 12.5. The molecule has 0 aliphatic rings. The number of amides is 2. The van der Waals surface area contributed by atoms with Gasteiger partial charge in [0.1, 0.15) is 18.3 Å². The van der Waals surface area contributed by atoms with E-state index >= 15 is 0 Å². The van der Waals surface area contributed by atoms with Crippen LogP contribution in [-0.4, -0.2) is 50.9 Å². The molecule has 4 aromatic carbocycles. The molecule has 4 rings (SSSR count). The second kappa shape index (κ2) is 15.7. The van der Waals surface area contributed by atoms with Gasteiger partial charge in [-0.25, -0.2) is 8.42 Å². The maximum Gasteiger partial charge on any atom is 0.264 e. The standard InChI is InChI=1S/C35H38BrN3O5S/c1-4-26(2)37-35(41)33(23-27-12-7-5-8-13-27)38(24-28-14-11-15-29(36)22-28)34(40)25-39(30-18-20-31(44-3)21-19-30)45(42,43)32-16-9-6-10-17-32/h5-22,26,33H,4,23-25H2,1-3H3,(H,37,41). The molecule has 8 nitrogen and oxygen atoms in total. The average molecular weight is 693 g/mol. The first-order valence-corrected chi connectivity index (χ1v) is 17.0. The molecule has 0 aliphatic carbocycles. The summed E-state index contributed by atoms with van der Waals surface area (Å²) in [7, 11) is -2.65. The molecular formula is C35H38BrN3O5S. The fourth-order valence-electron chi connectivity index (χ4n) is 4.82. The van der Waals surface area contributed by atoms with Gasteiger partial charge in [-0.05, 0) is 73.0 Å². The minimum Gasteiger partial charge on any atom is -0.497 e. The number of benzene rings is 4. The van der Waals surface area contributed by atoms with Gasteiger partial charge in [-0.3, -0.25) is 13.9 Å². The lowest BCUT2D eigenvalue weighted by atomic mass is 10.0. The van der Waals surface area contributed by atoms with Crippen molar-refractivity contribution >= 4 is 43.5 Å². The smallest absolute Gasteiger partial charge is 0.264 e. The number of ether oxygens (including phenoxy) is 1. The molecule has 0 aromatic heterocycles. The Hall–Kier alpha value is -4.15. The van der Waals surface area contributed by atoms with Crippen molar-refractivity contribution in [2.45, 2.75) is 50.2 Å². The highest BCUT2D eigenvalue weighted by Crippen LogP contribution is 2.27. The third-order valence-corrected chi connectivity index (χ3v) is 9.77. The molecule has 0 fully saturated rings. The Labute approximate surface area is 274 Å². The van der Waals surface area contributed by atoms with Crippen LogP contribution in [0.4, 0.5) is 5.69 Å². The first-order chi connectivity index (χ1) is 21.6. The quantitative estimate of drug-likeness (QED) is 0.170. The van der Waals surface area contributed by atoms with Crippen LogP contribution in [0.5, 0.6) is 5.75 Å². The minimum absolute atomic E-state index is 0.0440. The Kier molecular flexibility index (Phi) is 11.8. The van der Waals surface area contributed by atoms with Gasteiger partial charge in [-0.2, -0.15) is 0 Å². The lowest BCUT2D eigenvalue weighted by Crippen LogP contribution is -2.54. The molecule has 0 radical (unpaired) electrons. The van der Waals surface area contributed by atoms with E-state index in [1.165, 1.54) is 24.1 Å². The highest BCUT2D eigenvalue weighted by Gasteiger charge is 2.35. The summed E-state index contributed by atoms with van der Waals surface area (Å²) in [5.41, 5.74) is 1.95. The van der Waals surface area contributed by atoms with Gasteiger partial charge in [0, 0.05) is 23.5 Å². The molecule has 0 saturated heterocycles. The third-order valence-electron chi connectivity index (χ3n) is 7.48. The summed E-state index contributed by atoms with van der Waals surface area (Å²) in [5.74, 6) is -0.285. The molecule has 0 heterocycles. The second-order valence-electron chi connectivity index (χ2n) is 10.7. The second-order valence-corrected chi connectivity index (χ2v) is 13.5. The number of halogens is 1. The highest BCUT2D eigenvalue weighted by molar-refractivity contribution is 9.10. The number of rotatable bonds is 14. The van der Waals surface area contributed by atoms with E-state index < -0.39 is 28.5 Å². The van der Waals surface area contributed by atoms with Crippen molar-refractivity contribution in [2.24, 2.45) is 0 Å². The van der Waals surface area contributed by atoms with Crippen LogP contribution in [-0.2, 0) is 32.6 Å². The lowest BCUT2D eigenvalue weighted by Gasteiger charge is -2.34. The number of carbonyl (C=O) groups is 2. The molecule has 0 aliphatic heterocycles. The van der Waals surface area contributed by atoms with E-state index in [1.54, 1.807) is 42.5 Å². The van der Waals surface area contributed by atoms with Crippen LogP contribution in [0.2, 0.25) is 0 Å². The van der Waals surface area contributed by atoms with Gasteiger partial charge in [0.2, 0.25) is 11.8 Å². The van der Waals surface area contributed by atoms with Gasteiger partial charge >= 0.3 is 0 Å². The number of nitrogens with one attached hydrogen (secondary N) is 1. The molecule has 4 aromatic rings. The van der Waals surface area contributed by atoms with Crippen molar-refractivity contribution in [3.8, 4) is 5.75 Å². The average Bonchev–Trinajstić information content (AvgIpc) is 3.06. The minimum atomic E-state index is -4.17. The molecule has 236 valence electrons. The van der Waals surface area contributed by atoms with E-state index in [4.69, 9.17) is 4.74 Å². The van der Waals surface area contributed by atoms with Crippen molar-refractivity contribution < 1.29 is 22.7 Å². The molecule has 0 bridgehead atoms. The van der Waals surface area contributed by atoms with Crippen molar-refractivity contribution in [1.82, 2.24) is 10.2 Å². The van der Waals surface area contributed by atoms with E-state index in [0.29, 0.717) is 17.9 Å². The molecule has 10 heteroatoms. The van der Waals surface area contributed by atoms with Crippen molar-refractivity contribution in [3.05, 3.63) is 125 Å². The summed E-state index contributed by atoms with van der Waals surface area (Å²) in [4.78, 5) is 30.0. The number of sulfonamides is 1. The summed E-state index contributed by atoms with van der Waals surface area (Å²) >= 11 is 3.51. The zero-order valence-corrected chi connectivity index (χ0v) is 28.0. The fraction of sp³-hybridized carbons (Fsp3) is 0.257. The molecule has 0 saturated carbocycles. The van der Waals surface area contributed by atoms with Gasteiger partial charge in [-0.1, -0.05) is 83.5 Å². The van der Waals surface area contributed by atoms with Crippen LogP contribution in [0.15, 0.2) is 119 Å². The number of nitrogens with zero attached hydrogens (tertiary/aromatic N) is 2. The first kappa shape index (κ1) is 33.7. The van der Waals surface area contributed by atoms with Crippen LogP contribution in [0, 0.1) is 0 Å². The van der Waals surface area contributed by atoms with Gasteiger partial charge in [0.05, 0.1) is 17.7 Å². The van der Waals surface area contributed by atoms with Crippen molar-refractivity contribution in [1.29, 1.82) is 0 Å². The highest BCUT2D eigenvalue weighted by atomic mass is 79.9. The number of hydrogen-bond acceptors (Lipinski definition) is 5. The van der Waals surface area contributed by atoms with E-state index in [0.717, 1.165) is 19.9 Å². The summed E-state index contributed by atoms with van der Waals surface area (Å²) in [5, 5.41) is 3.05. The van der Waals surface area contributed by atoms with Crippen LogP contribution in [0.1, 0.15) is 31.4 Å². The molecule has 0 spiro atoms. The van der Waals surface area contributed by atoms with E-state index in [1.807, 2.05) is 68.4 Å². The molecule has 2 amide bonds. The van der Waals surface area contributed by atoms with Crippen LogP contribution < -0.4 is 14.4 Å². The molecule has 1 N–H and O–H groups in total. The zero-order chi connectivity index (χ0) is 32.4. The predicted octanol–water partition coefficient (Wildman–Crippen LogP) is 6.21. The van der Waals surface area contributed by atoms with Crippen LogP contribution in [0.3, 0.4) is 0 Å². The lowest BCUT2D eigenvalue weighted by molar-refractivity contribution is -0.140. The summed E-state index contributed by atoms with van der Waals surface area (Å²) in [6.45, 7) is 3.45. The maximum atomic E-state index is 14.5. The SMILES string of the molecule is CCC(C)NC(=O)C(Cc1ccccc1)N(Cc1cccc(Br)c1)C(=O)CN(c1ccc(OC)cc1)S(=O)(=O)c1ccccc1.